The highest BCUT2D eigenvalue weighted by molar-refractivity contribution is 5.95. The van der Waals surface area contributed by atoms with Crippen molar-refractivity contribution in [3.8, 4) is 0 Å². The lowest BCUT2D eigenvalue weighted by atomic mass is 9.97. The number of amides is 1. The van der Waals surface area contributed by atoms with Crippen molar-refractivity contribution in [2.75, 3.05) is 18.9 Å². The molecule has 0 radical (unpaired) electrons. The van der Waals surface area contributed by atoms with Crippen LogP contribution in [0.5, 0.6) is 0 Å². The Morgan fingerprint density at radius 1 is 1.37 bits per heavy atom. The summed E-state index contributed by atoms with van der Waals surface area (Å²) in [5.41, 5.74) is 0.533. The van der Waals surface area contributed by atoms with Crippen LogP contribution in [0, 0.1) is 15.5 Å². The molecule has 1 aromatic rings. The van der Waals surface area contributed by atoms with E-state index in [9.17, 15) is 14.9 Å². The summed E-state index contributed by atoms with van der Waals surface area (Å²) in [6.45, 7) is 6.51. The second-order valence-electron chi connectivity index (χ2n) is 5.48. The van der Waals surface area contributed by atoms with Gasteiger partial charge in [0.1, 0.15) is 5.69 Å². The molecule has 0 atom stereocenters. The monoisotopic (exact) mass is 265 g/mol. The lowest BCUT2D eigenvalue weighted by Crippen LogP contribution is -2.32. The van der Waals surface area contributed by atoms with Gasteiger partial charge in [0.15, 0.2) is 0 Å². The van der Waals surface area contributed by atoms with Crippen molar-refractivity contribution in [3.63, 3.8) is 0 Å². The molecule has 0 aliphatic heterocycles. The van der Waals surface area contributed by atoms with Gasteiger partial charge in [-0.3, -0.25) is 14.9 Å². The topological polar surface area (TPSA) is 84.3 Å². The number of hydrogen-bond acceptors (Lipinski definition) is 4. The van der Waals surface area contributed by atoms with E-state index in [1.54, 1.807) is 13.1 Å². The summed E-state index contributed by atoms with van der Waals surface area (Å²) in [5, 5.41) is 16.4. The van der Waals surface area contributed by atoms with Gasteiger partial charge in [0.05, 0.1) is 4.92 Å². The Hall–Kier alpha value is -2.11. The lowest BCUT2D eigenvalue weighted by Gasteiger charge is -2.18. The highest BCUT2D eigenvalue weighted by Crippen LogP contribution is 2.25. The quantitative estimate of drug-likeness (QED) is 0.646. The summed E-state index contributed by atoms with van der Waals surface area (Å²) in [6.07, 6.45) is 0. The molecule has 0 aliphatic rings. The van der Waals surface area contributed by atoms with Crippen molar-refractivity contribution < 1.29 is 9.72 Å². The molecule has 2 N–H and O–H groups in total. The van der Waals surface area contributed by atoms with Gasteiger partial charge < -0.3 is 10.6 Å². The van der Waals surface area contributed by atoms with Crippen LogP contribution in [0.4, 0.5) is 11.4 Å². The van der Waals surface area contributed by atoms with Gasteiger partial charge in [0, 0.05) is 25.2 Å². The van der Waals surface area contributed by atoms with Crippen LogP contribution in [-0.2, 0) is 0 Å². The van der Waals surface area contributed by atoms with E-state index in [0.29, 0.717) is 12.2 Å². The maximum atomic E-state index is 11.9. The number of carbonyl (C=O) groups is 1. The molecule has 0 saturated carbocycles. The van der Waals surface area contributed by atoms with Crippen molar-refractivity contribution in [1.29, 1.82) is 0 Å². The van der Waals surface area contributed by atoms with E-state index in [4.69, 9.17) is 0 Å². The molecule has 0 bridgehead atoms. The zero-order valence-corrected chi connectivity index (χ0v) is 11.6. The van der Waals surface area contributed by atoms with Crippen molar-refractivity contribution in [2.45, 2.75) is 20.8 Å². The molecule has 19 heavy (non-hydrogen) atoms. The molecule has 0 heterocycles. The second kappa shape index (κ2) is 5.69. The first-order valence-corrected chi connectivity index (χ1v) is 5.99. The predicted octanol–water partition coefficient (Wildman–Crippen LogP) is 2.41. The fourth-order valence-corrected chi connectivity index (χ4v) is 1.48. The Balaban J connectivity index is 2.93. The van der Waals surface area contributed by atoms with E-state index in [1.807, 2.05) is 20.8 Å². The van der Waals surface area contributed by atoms with Crippen LogP contribution in [0.1, 0.15) is 31.1 Å². The molecule has 0 fully saturated rings. The number of nitro groups is 1. The highest BCUT2D eigenvalue weighted by atomic mass is 16.6. The number of carbonyl (C=O) groups excluding carboxylic acids is 1. The van der Waals surface area contributed by atoms with E-state index >= 15 is 0 Å². The third kappa shape index (κ3) is 4.24. The molecule has 1 rings (SSSR count). The van der Waals surface area contributed by atoms with E-state index < -0.39 is 4.92 Å². The average Bonchev–Trinajstić information content (AvgIpc) is 2.34. The van der Waals surface area contributed by atoms with Crippen LogP contribution in [-0.4, -0.2) is 24.4 Å². The van der Waals surface area contributed by atoms with Crippen LogP contribution in [0.25, 0.3) is 0 Å². The van der Waals surface area contributed by atoms with Crippen LogP contribution in [0.3, 0.4) is 0 Å². The van der Waals surface area contributed by atoms with Gasteiger partial charge in [-0.1, -0.05) is 20.8 Å². The largest absolute Gasteiger partial charge is 0.383 e. The minimum Gasteiger partial charge on any atom is -0.383 e. The standard InChI is InChI=1S/C13H19N3O3/c1-13(2,3)8-15-12(17)9-5-6-10(14-4)11(7-9)16(18)19/h5-7,14H,8H2,1-4H3,(H,15,17). The van der Waals surface area contributed by atoms with Gasteiger partial charge in [0.25, 0.3) is 11.6 Å². The Morgan fingerprint density at radius 2 is 2.00 bits per heavy atom. The van der Waals surface area contributed by atoms with Gasteiger partial charge in [-0.05, 0) is 17.5 Å². The third-order valence-corrected chi connectivity index (χ3v) is 2.51. The molecule has 1 amide bonds. The second-order valence-corrected chi connectivity index (χ2v) is 5.48. The van der Waals surface area contributed by atoms with Crippen LogP contribution < -0.4 is 10.6 Å². The summed E-state index contributed by atoms with van der Waals surface area (Å²) >= 11 is 0. The molecule has 104 valence electrons. The molecule has 0 unspecified atom stereocenters. The van der Waals surface area contributed by atoms with Crippen molar-refractivity contribution in [3.05, 3.63) is 33.9 Å². The van der Waals surface area contributed by atoms with E-state index in [-0.39, 0.29) is 22.6 Å². The Morgan fingerprint density at radius 3 is 2.47 bits per heavy atom. The smallest absolute Gasteiger partial charge is 0.293 e. The maximum absolute atomic E-state index is 11.9. The number of nitrogens with one attached hydrogen (secondary N) is 2. The number of hydrogen-bond donors (Lipinski definition) is 2. The van der Waals surface area contributed by atoms with Gasteiger partial charge in [0.2, 0.25) is 0 Å². The normalized spacial score (nSPS) is 10.9. The molecule has 0 aromatic heterocycles. The summed E-state index contributed by atoms with van der Waals surface area (Å²) < 4.78 is 0. The number of nitrogens with zero attached hydrogens (tertiary/aromatic N) is 1. The fourth-order valence-electron chi connectivity index (χ4n) is 1.48. The van der Waals surface area contributed by atoms with Crippen molar-refractivity contribution in [2.24, 2.45) is 5.41 Å². The summed E-state index contributed by atoms with van der Waals surface area (Å²) in [4.78, 5) is 22.3. The number of rotatable bonds is 4. The minimum atomic E-state index is -0.508. The zero-order valence-electron chi connectivity index (χ0n) is 11.6. The first kappa shape index (κ1) is 14.9. The molecule has 1 aromatic carbocycles. The van der Waals surface area contributed by atoms with Crippen molar-refractivity contribution in [1.82, 2.24) is 5.32 Å². The van der Waals surface area contributed by atoms with Gasteiger partial charge in [-0.2, -0.15) is 0 Å². The fraction of sp³-hybridized carbons (Fsp3) is 0.462. The molecule has 6 heteroatoms. The van der Waals surface area contributed by atoms with Gasteiger partial charge in [-0.25, -0.2) is 0 Å². The molecular formula is C13H19N3O3. The Kier molecular flexibility index (Phi) is 4.47. The number of benzene rings is 1. The van der Waals surface area contributed by atoms with E-state index in [1.165, 1.54) is 12.1 Å². The van der Waals surface area contributed by atoms with Crippen LogP contribution in [0.2, 0.25) is 0 Å². The van der Waals surface area contributed by atoms with Crippen LogP contribution >= 0.6 is 0 Å². The number of anilines is 1. The predicted molar refractivity (Wildman–Crippen MR) is 74.4 cm³/mol. The molecule has 0 saturated heterocycles. The van der Waals surface area contributed by atoms with E-state index in [2.05, 4.69) is 10.6 Å². The van der Waals surface area contributed by atoms with Gasteiger partial charge >= 0.3 is 0 Å². The van der Waals surface area contributed by atoms with Crippen LogP contribution in [0.15, 0.2) is 18.2 Å². The van der Waals surface area contributed by atoms with E-state index in [0.717, 1.165) is 0 Å². The zero-order chi connectivity index (χ0) is 14.6. The minimum absolute atomic E-state index is 0.0352. The molecule has 6 nitrogen and oxygen atoms in total. The third-order valence-electron chi connectivity index (χ3n) is 2.51. The summed E-state index contributed by atoms with van der Waals surface area (Å²) in [5.74, 6) is -0.305. The molecule has 0 aliphatic carbocycles. The number of nitro benzene ring substituents is 1. The van der Waals surface area contributed by atoms with Gasteiger partial charge in [-0.15, -0.1) is 0 Å². The lowest BCUT2D eigenvalue weighted by molar-refractivity contribution is -0.384. The summed E-state index contributed by atoms with van der Waals surface area (Å²) in [7, 11) is 1.60. The first-order chi connectivity index (χ1) is 8.74. The molecular weight excluding hydrogens is 246 g/mol. The Labute approximate surface area is 112 Å². The Bertz CT molecular complexity index is 492. The summed E-state index contributed by atoms with van der Waals surface area (Å²) in [6, 6.07) is 4.38. The van der Waals surface area contributed by atoms with Crippen molar-refractivity contribution >= 4 is 17.3 Å². The highest BCUT2D eigenvalue weighted by Gasteiger charge is 2.18. The molecule has 0 spiro atoms. The maximum Gasteiger partial charge on any atom is 0.293 e. The average molecular weight is 265 g/mol. The SMILES string of the molecule is CNc1ccc(C(=O)NCC(C)(C)C)cc1[N+](=O)[O-]. The first-order valence-electron chi connectivity index (χ1n) is 5.99.